The van der Waals surface area contributed by atoms with Crippen LogP contribution >= 0.6 is 0 Å². The van der Waals surface area contributed by atoms with Gasteiger partial charge in [0, 0.05) is 37.6 Å². The van der Waals surface area contributed by atoms with E-state index in [1.165, 1.54) is 6.42 Å². The first kappa shape index (κ1) is 24.5. The quantitative estimate of drug-likeness (QED) is 0.655. The third-order valence-electron chi connectivity index (χ3n) is 10.2. The van der Waals surface area contributed by atoms with Crippen molar-refractivity contribution in [3.05, 3.63) is 0 Å². The van der Waals surface area contributed by atoms with Crippen molar-refractivity contribution in [2.24, 2.45) is 35.5 Å². The summed E-state index contributed by atoms with van der Waals surface area (Å²) in [4.78, 5) is 29.0. The maximum absolute atomic E-state index is 13.5. The predicted molar refractivity (Wildman–Crippen MR) is 133 cm³/mol. The van der Waals surface area contributed by atoms with Gasteiger partial charge in [0.15, 0.2) is 0 Å². The van der Waals surface area contributed by atoms with E-state index in [2.05, 4.69) is 43.2 Å². The molecule has 3 heterocycles. The third kappa shape index (κ3) is 4.66. The molecule has 2 amide bonds. The van der Waals surface area contributed by atoms with Crippen LogP contribution in [0, 0.1) is 35.5 Å². The summed E-state index contributed by atoms with van der Waals surface area (Å²) in [5.74, 6) is 2.57. The monoisotopic (exact) mass is 473 g/mol. The molecule has 0 aromatic rings. The molecular formula is C28H47N3O3. The second-order valence-corrected chi connectivity index (χ2v) is 13.2. The maximum atomic E-state index is 13.5. The Morgan fingerprint density at radius 2 is 1.88 bits per heavy atom. The summed E-state index contributed by atoms with van der Waals surface area (Å²) >= 11 is 0. The number of likely N-dealkylation sites (tertiary alicyclic amines) is 1. The van der Waals surface area contributed by atoms with E-state index in [-0.39, 0.29) is 35.5 Å². The minimum Gasteiger partial charge on any atom is -0.371 e. The van der Waals surface area contributed by atoms with E-state index in [1.54, 1.807) is 0 Å². The normalized spacial score (nSPS) is 46.5. The van der Waals surface area contributed by atoms with Gasteiger partial charge in [-0.25, -0.2) is 0 Å². The molecule has 192 valence electrons. The second kappa shape index (κ2) is 9.38. The third-order valence-corrected chi connectivity index (χ3v) is 10.2. The summed E-state index contributed by atoms with van der Waals surface area (Å²) in [6, 6.07) is 1.04. The number of rotatable bonds is 3. The van der Waals surface area contributed by atoms with Gasteiger partial charge >= 0.3 is 0 Å². The minimum atomic E-state index is -0.111. The van der Waals surface area contributed by atoms with E-state index in [4.69, 9.17) is 4.74 Å². The highest BCUT2D eigenvalue weighted by molar-refractivity contribution is 5.81. The molecule has 0 radical (unpaired) electrons. The fourth-order valence-electron chi connectivity index (χ4n) is 8.39. The zero-order valence-corrected chi connectivity index (χ0v) is 22.0. The second-order valence-electron chi connectivity index (χ2n) is 13.2. The van der Waals surface area contributed by atoms with Gasteiger partial charge in [0.2, 0.25) is 11.8 Å². The standard InChI is InChI=1S/C28H47N3O3/c1-16-9-10-20(30-26(32)21-8-6-7-18-14-28(3,4)34-25(18)21)13-22(16)23-12-19-15-29-17(2)11-24(19)31(5)27(23)33/h16-25,29H,6-15H2,1-5H3,(H,30,32). The van der Waals surface area contributed by atoms with Crippen LogP contribution < -0.4 is 10.6 Å². The fraction of sp³-hybridized carbons (Fsp3) is 0.929. The molecule has 0 spiro atoms. The summed E-state index contributed by atoms with van der Waals surface area (Å²) < 4.78 is 6.38. The van der Waals surface area contributed by atoms with Gasteiger partial charge in [-0.15, -0.1) is 0 Å². The van der Waals surface area contributed by atoms with E-state index in [0.29, 0.717) is 41.7 Å². The molecule has 5 rings (SSSR count). The molecule has 5 fully saturated rings. The molecule has 2 N–H and O–H groups in total. The first-order valence-corrected chi connectivity index (χ1v) is 14.1. The van der Waals surface area contributed by atoms with Gasteiger partial charge in [-0.3, -0.25) is 9.59 Å². The zero-order valence-electron chi connectivity index (χ0n) is 22.0. The number of piperidine rings is 2. The number of nitrogens with zero attached hydrogens (tertiary/aromatic N) is 1. The summed E-state index contributed by atoms with van der Waals surface area (Å²) in [7, 11) is 2.03. The zero-order chi connectivity index (χ0) is 24.2. The van der Waals surface area contributed by atoms with Crippen LogP contribution in [0.4, 0.5) is 0 Å². The Labute approximate surface area is 206 Å². The van der Waals surface area contributed by atoms with Crippen molar-refractivity contribution in [1.29, 1.82) is 0 Å². The van der Waals surface area contributed by atoms with Crippen molar-refractivity contribution < 1.29 is 14.3 Å². The highest BCUT2D eigenvalue weighted by atomic mass is 16.5. The molecule has 6 nitrogen and oxygen atoms in total. The molecule has 2 aliphatic carbocycles. The van der Waals surface area contributed by atoms with Crippen molar-refractivity contribution in [3.8, 4) is 0 Å². The molecule has 34 heavy (non-hydrogen) atoms. The predicted octanol–water partition coefficient (Wildman–Crippen LogP) is 3.74. The Kier molecular flexibility index (Phi) is 6.78. The van der Waals surface area contributed by atoms with E-state index in [0.717, 1.165) is 57.9 Å². The Morgan fingerprint density at radius 1 is 1.09 bits per heavy atom. The molecule has 3 saturated heterocycles. The lowest BCUT2D eigenvalue weighted by atomic mass is 9.65. The molecule has 5 aliphatic rings. The molecular weight excluding hydrogens is 426 g/mol. The highest BCUT2D eigenvalue weighted by Gasteiger charge is 2.49. The number of ether oxygens (including phenoxy) is 1. The number of amides is 2. The number of carbonyl (C=O) groups excluding carboxylic acids is 2. The minimum absolute atomic E-state index is 0.0168. The van der Waals surface area contributed by atoms with Crippen molar-refractivity contribution in [2.45, 2.75) is 115 Å². The molecule has 6 heteroatoms. The van der Waals surface area contributed by atoms with Crippen LogP contribution in [0.1, 0.15) is 85.5 Å². The van der Waals surface area contributed by atoms with Crippen LogP contribution in [-0.4, -0.2) is 60.1 Å². The smallest absolute Gasteiger partial charge is 0.225 e. The van der Waals surface area contributed by atoms with Gasteiger partial charge < -0.3 is 20.3 Å². The van der Waals surface area contributed by atoms with E-state index in [9.17, 15) is 9.59 Å². The molecule has 0 aromatic heterocycles. The summed E-state index contributed by atoms with van der Waals surface area (Å²) in [5.41, 5.74) is -0.111. The molecule has 0 bridgehead atoms. The van der Waals surface area contributed by atoms with Crippen LogP contribution in [0.25, 0.3) is 0 Å². The lowest BCUT2D eigenvalue weighted by Crippen LogP contribution is -2.60. The number of hydrogen-bond acceptors (Lipinski definition) is 4. The van der Waals surface area contributed by atoms with Crippen LogP contribution in [0.15, 0.2) is 0 Å². The first-order valence-electron chi connectivity index (χ1n) is 14.1. The SMILES string of the molecule is CC1CC2C(CN1)CC(C1CC(NC(=O)C3CCCC4CC(C)(C)OC43)CCC1C)C(=O)N2C. The summed E-state index contributed by atoms with van der Waals surface area (Å²) in [5, 5.41) is 7.09. The molecule has 3 aliphatic heterocycles. The average Bonchev–Trinajstić information content (AvgIpc) is 3.11. The lowest BCUT2D eigenvalue weighted by molar-refractivity contribution is -0.148. The Balaban J connectivity index is 1.23. The summed E-state index contributed by atoms with van der Waals surface area (Å²) in [6.07, 6.45) is 9.51. The van der Waals surface area contributed by atoms with Crippen LogP contribution in [0.3, 0.4) is 0 Å². The average molecular weight is 474 g/mol. The molecule has 0 aromatic carbocycles. The number of hydrogen-bond donors (Lipinski definition) is 2. The van der Waals surface area contributed by atoms with Crippen LogP contribution in [0.2, 0.25) is 0 Å². The van der Waals surface area contributed by atoms with E-state index >= 15 is 0 Å². The molecule has 10 atom stereocenters. The highest BCUT2D eigenvalue weighted by Crippen LogP contribution is 2.46. The van der Waals surface area contributed by atoms with Gasteiger partial charge in [0.05, 0.1) is 17.6 Å². The van der Waals surface area contributed by atoms with Crippen molar-refractivity contribution >= 4 is 11.8 Å². The molecule has 2 saturated carbocycles. The topological polar surface area (TPSA) is 70.7 Å². The maximum Gasteiger partial charge on any atom is 0.225 e. The van der Waals surface area contributed by atoms with Gasteiger partial charge in [0.1, 0.15) is 0 Å². The van der Waals surface area contributed by atoms with Crippen LogP contribution in [-0.2, 0) is 14.3 Å². The number of nitrogens with one attached hydrogen (secondary N) is 2. The number of fused-ring (bicyclic) bond motifs is 2. The lowest BCUT2D eigenvalue weighted by Gasteiger charge is -2.50. The van der Waals surface area contributed by atoms with Gasteiger partial charge in [-0.2, -0.15) is 0 Å². The van der Waals surface area contributed by atoms with Crippen molar-refractivity contribution in [2.75, 3.05) is 13.6 Å². The van der Waals surface area contributed by atoms with Gasteiger partial charge in [-0.05, 0) is 95.8 Å². The van der Waals surface area contributed by atoms with E-state index in [1.807, 2.05) is 7.05 Å². The van der Waals surface area contributed by atoms with Gasteiger partial charge in [0.25, 0.3) is 0 Å². The Hall–Kier alpha value is -1.14. The Morgan fingerprint density at radius 3 is 2.68 bits per heavy atom. The Bertz CT molecular complexity index is 785. The van der Waals surface area contributed by atoms with E-state index < -0.39 is 0 Å². The van der Waals surface area contributed by atoms with Crippen LogP contribution in [0.5, 0.6) is 0 Å². The molecule has 10 unspecified atom stereocenters. The first-order chi connectivity index (χ1) is 16.1. The fourth-order valence-corrected chi connectivity index (χ4v) is 8.39. The number of carbonyl (C=O) groups is 2. The largest absolute Gasteiger partial charge is 0.371 e. The van der Waals surface area contributed by atoms with Crippen molar-refractivity contribution in [3.63, 3.8) is 0 Å². The summed E-state index contributed by atoms with van der Waals surface area (Å²) in [6.45, 7) is 9.89. The van der Waals surface area contributed by atoms with Gasteiger partial charge in [-0.1, -0.05) is 13.3 Å². The van der Waals surface area contributed by atoms with Crippen molar-refractivity contribution in [1.82, 2.24) is 15.5 Å².